The maximum Gasteiger partial charge on any atom is 0.328 e. The molecule has 1 aliphatic heterocycles. The van der Waals surface area contributed by atoms with E-state index < -0.39 is 5.97 Å². The molecule has 1 unspecified atom stereocenters. The summed E-state index contributed by atoms with van der Waals surface area (Å²) >= 11 is 0. The number of hydrogen-bond acceptors (Lipinski definition) is 3. The monoisotopic (exact) mass is 260 g/mol. The van der Waals surface area contributed by atoms with Gasteiger partial charge in [-0.2, -0.15) is 0 Å². The van der Waals surface area contributed by atoms with E-state index in [1.807, 2.05) is 36.1 Å². The summed E-state index contributed by atoms with van der Waals surface area (Å²) < 4.78 is 0. The van der Waals surface area contributed by atoms with Crippen LogP contribution < -0.4 is 10.2 Å². The number of carboxylic acid groups (broad SMARTS) is 1. The number of piperazine rings is 1. The third-order valence-corrected chi connectivity index (χ3v) is 3.14. The highest BCUT2D eigenvalue weighted by Gasteiger charge is 2.25. The number of nitrogens with zero attached hydrogens (tertiary/aromatic N) is 1. The number of benzene rings is 1. The van der Waals surface area contributed by atoms with Gasteiger partial charge < -0.3 is 15.3 Å². The van der Waals surface area contributed by atoms with Gasteiger partial charge in [-0.25, -0.2) is 4.79 Å². The Balaban J connectivity index is 2.13. The molecule has 1 aliphatic rings. The maximum absolute atomic E-state index is 11.6. The van der Waals surface area contributed by atoms with Gasteiger partial charge in [-0.3, -0.25) is 4.79 Å². The van der Waals surface area contributed by atoms with Gasteiger partial charge in [0.2, 0.25) is 5.91 Å². The summed E-state index contributed by atoms with van der Waals surface area (Å²) in [7, 11) is 0. The molecule has 0 radical (unpaired) electrons. The Hall–Kier alpha value is -2.30. The Kier molecular flexibility index (Phi) is 3.85. The Bertz CT molecular complexity index is 508. The predicted octanol–water partition coefficient (Wildman–Crippen LogP) is 1.11. The average Bonchev–Trinajstić information content (AvgIpc) is 2.40. The van der Waals surface area contributed by atoms with E-state index in [1.165, 1.54) is 0 Å². The largest absolute Gasteiger partial charge is 0.478 e. The normalized spacial score (nSPS) is 19.5. The van der Waals surface area contributed by atoms with Crippen molar-refractivity contribution in [1.29, 1.82) is 0 Å². The molecular formula is C14H16N2O3. The second kappa shape index (κ2) is 5.56. The minimum atomic E-state index is -0.967. The molecule has 1 saturated heterocycles. The number of amides is 1. The van der Waals surface area contributed by atoms with Gasteiger partial charge in [0.15, 0.2) is 0 Å². The second-order valence-corrected chi connectivity index (χ2v) is 4.42. The molecule has 0 bridgehead atoms. The van der Waals surface area contributed by atoms with Crippen LogP contribution in [0.5, 0.6) is 0 Å². The van der Waals surface area contributed by atoms with E-state index in [-0.39, 0.29) is 11.9 Å². The molecular weight excluding hydrogens is 244 g/mol. The van der Waals surface area contributed by atoms with E-state index in [4.69, 9.17) is 5.11 Å². The van der Waals surface area contributed by atoms with Crippen LogP contribution in [0, 0.1) is 0 Å². The summed E-state index contributed by atoms with van der Waals surface area (Å²) in [6, 6.07) is 7.30. The SMILES string of the molecule is CC1C(=O)NCCN1c1ccc(C=CC(=O)O)cc1. The Morgan fingerprint density at radius 2 is 2.11 bits per heavy atom. The summed E-state index contributed by atoms with van der Waals surface area (Å²) in [5.41, 5.74) is 1.79. The number of carbonyl (C=O) groups is 2. The van der Waals surface area contributed by atoms with Crippen LogP contribution in [0.3, 0.4) is 0 Å². The molecule has 5 nitrogen and oxygen atoms in total. The highest BCUT2D eigenvalue weighted by atomic mass is 16.4. The number of aliphatic carboxylic acids is 1. The summed E-state index contributed by atoms with van der Waals surface area (Å²) in [4.78, 5) is 24.1. The molecule has 1 aromatic carbocycles. The van der Waals surface area contributed by atoms with Crippen molar-refractivity contribution in [2.75, 3.05) is 18.0 Å². The first kappa shape index (κ1) is 13.1. The molecule has 100 valence electrons. The van der Waals surface area contributed by atoms with Crippen LogP contribution in [-0.2, 0) is 9.59 Å². The molecule has 1 atom stereocenters. The Morgan fingerprint density at radius 1 is 1.42 bits per heavy atom. The summed E-state index contributed by atoms with van der Waals surface area (Å²) in [6.07, 6.45) is 2.64. The number of carbonyl (C=O) groups excluding carboxylic acids is 1. The van der Waals surface area contributed by atoms with E-state index in [2.05, 4.69) is 5.32 Å². The first-order valence-electron chi connectivity index (χ1n) is 6.13. The Morgan fingerprint density at radius 3 is 2.74 bits per heavy atom. The molecule has 19 heavy (non-hydrogen) atoms. The zero-order valence-corrected chi connectivity index (χ0v) is 10.7. The predicted molar refractivity (Wildman–Crippen MR) is 72.9 cm³/mol. The highest BCUT2D eigenvalue weighted by Crippen LogP contribution is 2.19. The minimum absolute atomic E-state index is 0.0288. The second-order valence-electron chi connectivity index (χ2n) is 4.42. The molecule has 1 fully saturated rings. The lowest BCUT2D eigenvalue weighted by Gasteiger charge is -2.34. The molecule has 1 heterocycles. The van der Waals surface area contributed by atoms with Crippen LogP contribution in [0.2, 0.25) is 0 Å². The van der Waals surface area contributed by atoms with Crippen molar-refractivity contribution in [1.82, 2.24) is 5.32 Å². The highest BCUT2D eigenvalue weighted by molar-refractivity contribution is 5.86. The van der Waals surface area contributed by atoms with Crippen molar-refractivity contribution in [3.63, 3.8) is 0 Å². The molecule has 0 spiro atoms. The lowest BCUT2D eigenvalue weighted by molar-refractivity contribution is -0.131. The van der Waals surface area contributed by atoms with Gasteiger partial charge in [-0.05, 0) is 30.7 Å². The van der Waals surface area contributed by atoms with Gasteiger partial charge in [0.1, 0.15) is 6.04 Å². The van der Waals surface area contributed by atoms with Crippen molar-refractivity contribution < 1.29 is 14.7 Å². The fourth-order valence-corrected chi connectivity index (χ4v) is 2.08. The lowest BCUT2D eigenvalue weighted by atomic mass is 10.1. The topological polar surface area (TPSA) is 69.6 Å². The fraction of sp³-hybridized carbons (Fsp3) is 0.286. The van der Waals surface area contributed by atoms with Crippen LogP contribution in [0.15, 0.2) is 30.3 Å². The Labute approximate surface area is 111 Å². The van der Waals surface area contributed by atoms with Crippen LogP contribution in [0.4, 0.5) is 5.69 Å². The molecule has 1 aromatic rings. The number of nitrogens with one attached hydrogen (secondary N) is 1. The number of anilines is 1. The van der Waals surface area contributed by atoms with Gasteiger partial charge in [0, 0.05) is 24.9 Å². The van der Waals surface area contributed by atoms with Gasteiger partial charge in [-0.1, -0.05) is 12.1 Å². The van der Waals surface area contributed by atoms with Gasteiger partial charge in [-0.15, -0.1) is 0 Å². The van der Waals surface area contributed by atoms with Crippen molar-refractivity contribution in [3.8, 4) is 0 Å². The van der Waals surface area contributed by atoms with E-state index in [0.717, 1.165) is 23.9 Å². The van der Waals surface area contributed by atoms with Crippen LogP contribution in [-0.4, -0.2) is 36.1 Å². The number of carboxylic acids is 1. The van der Waals surface area contributed by atoms with Crippen LogP contribution >= 0.6 is 0 Å². The zero-order chi connectivity index (χ0) is 13.8. The average molecular weight is 260 g/mol. The first-order valence-corrected chi connectivity index (χ1v) is 6.13. The van der Waals surface area contributed by atoms with Crippen molar-refractivity contribution in [3.05, 3.63) is 35.9 Å². The number of hydrogen-bond donors (Lipinski definition) is 2. The van der Waals surface area contributed by atoms with E-state index in [9.17, 15) is 9.59 Å². The fourth-order valence-electron chi connectivity index (χ4n) is 2.08. The standard InChI is InChI=1S/C14H16N2O3/c1-10-14(19)15-8-9-16(10)12-5-2-11(3-6-12)4-7-13(17)18/h2-7,10H,8-9H2,1H3,(H,15,19)(H,17,18). The summed E-state index contributed by atoms with van der Waals surface area (Å²) in [5.74, 6) is -0.938. The van der Waals surface area contributed by atoms with Gasteiger partial charge >= 0.3 is 5.97 Å². The molecule has 5 heteroatoms. The van der Waals surface area contributed by atoms with E-state index in [1.54, 1.807) is 6.08 Å². The zero-order valence-electron chi connectivity index (χ0n) is 10.7. The molecule has 0 saturated carbocycles. The van der Waals surface area contributed by atoms with Crippen molar-refractivity contribution in [2.45, 2.75) is 13.0 Å². The smallest absolute Gasteiger partial charge is 0.328 e. The quantitative estimate of drug-likeness (QED) is 0.799. The van der Waals surface area contributed by atoms with Crippen LogP contribution in [0.1, 0.15) is 12.5 Å². The molecule has 1 amide bonds. The minimum Gasteiger partial charge on any atom is -0.478 e. The molecule has 0 aliphatic carbocycles. The number of rotatable bonds is 3. The molecule has 2 N–H and O–H groups in total. The van der Waals surface area contributed by atoms with Crippen molar-refractivity contribution in [2.24, 2.45) is 0 Å². The lowest BCUT2D eigenvalue weighted by Crippen LogP contribution is -2.54. The van der Waals surface area contributed by atoms with E-state index in [0.29, 0.717) is 6.54 Å². The van der Waals surface area contributed by atoms with Gasteiger partial charge in [0.25, 0.3) is 0 Å². The van der Waals surface area contributed by atoms with Gasteiger partial charge in [0.05, 0.1) is 0 Å². The molecule has 2 rings (SSSR count). The summed E-state index contributed by atoms with van der Waals surface area (Å²) in [6.45, 7) is 3.29. The first-order chi connectivity index (χ1) is 9.08. The van der Waals surface area contributed by atoms with Crippen LogP contribution in [0.25, 0.3) is 6.08 Å². The third-order valence-electron chi connectivity index (χ3n) is 3.14. The van der Waals surface area contributed by atoms with E-state index >= 15 is 0 Å². The maximum atomic E-state index is 11.6. The molecule has 0 aromatic heterocycles. The summed E-state index contributed by atoms with van der Waals surface area (Å²) in [5, 5.41) is 11.4. The third kappa shape index (κ3) is 3.13. The van der Waals surface area contributed by atoms with Crippen molar-refractivity contribution >= 4 is 23.6 Å².